The van der Waals surface area contributed by atoms with Crippen LogP contribution >= 0.6 is 11.8 Å². The third-order valence-electron chi connectivity index (χ3n) is 3.80. The number of hydrogen-bond acceptors (Lipinski definition) is 5. The van der Waals surface area contributed by atoms with E-state index < -0.39 is 17.2 Å². The molecule has 0 bridgehead atoms. The lowest BCUT2D eigenvalue weighted by Gasteiger charge is -2.20. The Hall–Kier alpha value is -1.61. The monoisotopic (exact) mass is 357 g/mol. The zero-order valence-corrected chi connectivity index (χ0v) is 15.9. The molecule has 0 aliphatic carbocycles. The number of amides is 3. The van der Waals surface area contributed by atoms with Crippen molar-refractivity contribution in [2.45, 2.75) is 63.0 Å². The molecule has 24 heavy (non-hydrogen) atoms. The van der Waals surface area contributed by atoms with Gasteiger partial charge in [0.1, 0.15) is 6.04 Å². The zero-order chi connectivity index (χ0) is 18.3. The maximum atomic E-state index is 11.9. The van der Waals surface area contributed by atoms with Crippen LogP contribution in [0, 0.1) is 0 Å². The van der Waals surface area contributed by atoms with E-state index in [2.05, 4.69) is 48.0 Å². The summed E-state index contributed by atoms with van der Waals surface area (Å²) in [6.45, 7) is 6.80. The average molecular weight is 358 g/mol. The number of quaternary nitrogens is 1. The third-order valence-corrected chi connectivity index (χ3v) is 4.88. The Kier molecular flexibility index (Phi) is 8.20. The number of nitrogens with one attached hydrogen (secondary N) is 2. The fourth-order valence-electron chi connectivity index (χ4n) is 2.46. The van der Waals surface area contributed by atoms with Crippen LogP contribution in [0.4, 0.5) is 4.79 Å². The number of urea groups is 1. The van der Waals surface area contributed by atoms with Crippen LogP contribution in [0.3, 0.4) is 0 Å². The molecule has 0 saturated heterocycles. The van der Waals surface area contributed by atoms with Gasteiger partial charge in [-0.2, -0.15) is 0 Å². The van der Waals surface area contributed by atoms with Crippen LogP contribution in [0.1, 0.15) is 51.9 Å². The molecule has 0 aromatic carbocycles. The SMILES string of the molecule is CCCCn1c(S[C@@H](C)C(=O)NC(N)=O)nnc1[C@H](CC)[NH+](C)C. The van der Waals surface area contributed by atoms with Gasteiger partial charge in [-0.25, -0.2) is 4.79 Å². The molecule has 1 aromatic heterocycles. The minimum Gasteiger partial charge on any atom is -0.351 e. The number of rotatable bonds is 9. The van der Waals surface area contributed by atoms with Gasteiger partial charge < -0.3 is 15.2 Å². The molecule has 0 aliphatic rings. The molecule has 1 aromatic rings. The maximum absolute atomic E-state index is 11.9. The molecule has 2 atom stereocenters. The van der Waals surface area contributed by atoms with Gasteiger partial charge in [0.05, 0.1) is 19.3 Å². The smallest absolute Gasteiger partial charge is 0.318 e. The van der Waals surface area contributed by atoms with Crippen molar-refractivity contribution in [1.29, 1.82) is 0 Å². The Morgan fingerprint density at radius 3 is 2.50 bits per heavy atom. The van der Waals surface area contributed by atoms with Crippen molar-refractivity contribution >= 4 is 23.7 Å². The maximum Gasteiger partial charge on any atom is 0.318 e. The summed E-state index contributed by atoms with van der Waals surface area (Å²) in [6, 6.07) is -0.596. The highest BCUT2D eigenvalue weighted by Gasteiger charge is 2.26. The summed E-state index contributed by atoms with van der Waals surface area (Å²) in [7, 11) is 4.20. The lowest BCUT2D eigenvalue weighted by atomic mass is 10.2. The van der Waals surface area contributed by atoms with Crippen LogP contribution in [0.25, 0.3) is 0 Å². The molecule has 8 nitrogen and oxygen atoms in total. The van der Waals surface area contributed by atoms with Gasteiger partial charge in [0.25, 0.3) is 0 Å². The van der Waals surface area contributed by atoms with Gasteiger partial charge >= 0.3 is 6.03 Å². The van der Waals surface area contributed by atoms with E-state index in [0.717, 1.165) is 31.6 Å². The number of nitrogens with two attached hydrogens (primary N) is 1. The minimum atomic E-state index is -0.845. The number of hydrogen-bond donors (Lipinski definition) is 3. The highest BCUT2D eigenvalue weighted by molar-refractivity contribution is 8.00. The number of carbonyl (C=O) groups excluding carboxylic acids is 2. The predicted molar refractivity (Wildman–Crippen MR) is 93.8 cm³/mol. The van der Waals surface area contributed by atoms with Crippen molar-refractivity contribution in [2.24, 2.45) is 5.73 Å². The lowest BCUT2D eigenvalue weighted by molar-refractivity contribution is -0.893. The standard InChI is InChI=1S/C15H28N6O2S/c1-6-8-9-21-12(11(7-2)20(4)5)18-19-15(21)24-10(3)13(22)17-14(16)23/h10-11H,6-9H2,1-5H3,(H3,16,17,22,23)/p+1/t10-,11-/m0/s1. The first kappa shape index (κ1) is 20.4. The topological polar surface area (TPSA) is 107 Å². The van der Waals surface area contributed by atoms with E-state index >= 15 is 0 Å². The van der Waals surface area contributed by atoms with Crippen molar-refractivity contribution < 1.29 is 14.5 Å². The van der Waals surface area contributed by atoms with E-state index in [1.54, 1.807) is 6.92 Å². The number of primary amides is 1. The molecule has 9 heteroatoms. The third kappa shape index (κ3) is 5.48. The molecule has 0 unspecified atom stereocenters. The second-order valence-electron chi connectivity index (χ2n) is 6.00. The number of aromatic nitrogens is 3. The van der Waals surface area contributed by atoms with Gasteiger partial charge in [-0.05, 0) is 13.3 Å². The van der Waals surface area contributed by atoms with E-state index in [1.807, 2.05) is 0 Å². The first-order valence-corrected chi connectivity index (χ1v) is 9.19. The molecular weight excluding hydrogens is 328 g/mol. The quantitative estimate of drug-likeness (QED) is 0.553. The van der Waals surface area contributed by atoms with Gasteiger partial charge in [0, 0.05) is 13.0 Å². The Labute approximate surface area is 147 Å². The molecule has 0 spiro atoms. The first-order valence-electron chi connectivity index (χ1n) is 8.31. The lowest BCUT2D eigenvalue weighted by Crippen LogP contribution is -3.06. The van der Waals surface area contributed by atoms with Gasteiger partial charge in [-0.3, -0.25) is 10.1 Å². The highest BCUT2D eigenvalue weighted by atomic mass is 32.2. The largest absolute Gasteiger partial charge is 0.351 e. The Morgan fingerprint density at radius 2 is 2.00 bits per heavy atom. The Morgan fingerprint density at radius 1 is 1.33 bits per heavy atom. The van der Waals surface area contributed by atoms with Gasteiger partial charge in [-0.15, -0.1) is 10.2 Å². The predicted octanol–water partition coefficient (Wildman–Crippen LogP) is 0.349. The van der Waals surface area contributed by atoms with Gasteiger partial charge in [0.2, 0.25) is 5.91 Å². The minimum absolute atomic E-state index is 0.249. The second-order valence-corrected chi connectivity index (χ2v) is 7.31. The molecule has 4 N–H and O–H groups in total. The van der Waals surface area contributed by atoms with Crippen molar-refractivity contribution in [3.63, 3.8) is 0 Å². The molecule has 136 valence electrons. The molecule has 1 rings (SSSR count). The molecule has 0 aliphatic heterocycles. The number of unbranched alkanes of at least 4 members (excludes halogenated alkanes) is 1. The number of carbonyl (C=O) groups is 2. The van der Waals surface area contributed by atoms with Crippen LogP contribution in [0.15, 0.2) is 5.16 Å². The van der Waals surface area contributed by atoms with Crippen LogP contribution < -0.4 is 16.0 Å². The zero-order valence-electron chi connectivity index (χ0n) is 15.1. The van der Waals surface area contributed by atoms with Crippen LogP contribution in [0.5, 0.6) is 0 Å². The van der Waals surface area contributed by atoms with E-state index in [4.69, 9.17) is 5.73 Å². The first-order chi connectivity index (χ1) is 11.3. The fourth-order valence-corrected chi connectivity index (χ4v) is 3.34. The van der Waals surface area contributed by atoms with Gasteiger partial charge in [0.15, 0.2) is 11.0 Å². The van der Waals surface area contributed by atoms with Crippen molar-refractivity contribution in [3.8, 4) is 0 Å². The van der Waals surface area contributed by atoms with E-state index in [9.17, 15) is 9.59 Å². The normalized spacial score (nSPS) is 13.8. The van der Waals surface area contributed by atoms with Crippen LogP contribution in [-0.2, 0) is 11.3 Å². The van der Waals surface area contributed by atoms with E-state index in [1.165, 1.54) is 16.7 Å². The molecule has 3 amide bonds. The molecule has 0 saturated carbocycles. The molecule has 0 radical (unpaired) electrons. The number of imide groups is 1. The van der Waals surface area contributed by atoms with Crippen molar-refractivity contribution in [1.82, 2.24) is 20.1 Å². The summed E-state index contributed by atoms with van der Waals surface area (Å²) in [5.74, 6) is 0.514. The summed E-state index contributed by atoms with van der Waals surface area (Å²) in [5, 5.41) is 11.0. The summed E-state index contributed by atoms with van der Waals surface area (Å²) < 4.78 is 2.10. The summed E-state index contributed by atoms with van der Waals surface area (Å²) in [4.78, 5) is 24.0. The van der Waals surface area contributed by atoms with Crippen molar-refractivity contribution in [2.75, 3.05) is 14.1 Å². The van der Waals surface area contributed by atoms with Crippen LogP contribution in [-0.4, -0.2) is 46.0 Å². The highest BCUT2D eigenvalue weighted by Crippen LogP contribution is 2.25. The van der Waals surface area contributed by atoms with E-state index in [-0.39, 0.29) is 6.04 Å². The number of thioether (sulfide) groups is 1. The van der Waals surface area contributed by atoms with Crippen LogP contribution in [0.2, 0.25) is 0 Å². The summed E-state index contributed by atoms with van der Waals surface area (Å²) >= 11 is 1.29. The second kappa shape index (κ2) is 9.63. The summed E-state index contributed by atoms with van der Waals surface area (Å²) in [5.41, 5.74) is 5.00. The Bertz CT molecular complexity index is 560. The molecule has 0 fully saturated rings. The number of nitrogens with zero attached hydrogens (tertiary/aromatic N) is 3. The fraction of sp³-hybridized carbons (Fsp3) is 0.733. The average Bonchev–Trinajstić information content (AvgIpc) is 2.87. The van der Waals surface area contributed by atoms with Gasteiger partial charge in [-0.1, -0.05) is 32.0 Å². The molecule has 1 heterocycles. The summed E-state index contributed by atoms with van der Waals surface area (Å²) in [6.07, 6.45) is 3.03. The van der Waals surface area contributed by atoms with Crippen molar-refractivity contribution in [3.05, 3.63) is 5.82 Å². The molecular formula is C15H29N6O2S+. The van der Waals surface area contributed by atoms with E-state index in [0.29, 0.717) is 5.16 Å². The Balaban J connectivity index is 3.03.